The quantitative estimate of drug-likeness (QED) is 0.381. The molecule has 2 bridgehead atoms. The number of hydrogen-bond acceptors (Lipinski definition) is 8. The fourth-order valence-electron chi connectivity index (χ4n) is 5.65. The third-order valence-electron chi connectivity index (χ3n) is 7.39. The molecule has 2 atom stereocenters. The Morgan fingerprint density at radius 1 is 1.14 bits per heavy atom. The van der Waals surface area contributed by atoms with E-state index in [0.717, 1.165) is 28.2 Å². The predicted molar refractivity (Wildman–Crippen MR) is 136 cm³/mol. The highest BCUT2D eigenvalue weighted by Crippen LogP contribution is 2.54. The van der Waals surface area contributed by atoms with Gasteiger partial charge in [-0.15, -0.1) is 10.2 Å². The van der Waals surface area contributed by atoms with E-state index in [1.807, 2.05) is 53.6 Å². The third kappa shape index (κ3) is 3.93. The molecule has 2 fully saturated rings. The summed E-state index contributed by atoms with van der Waals surface area (Å²) in [4.78, 5) is 6.52. The van der Waals surface area contributed by atoms with Crippen molar-refractivity contribution in [2.45, 2.75) is 44.5 Å². The number of aromatic nitrogens is 5. The van der Waals surface area contributed by atoms with Gasteiger partial charge >= 0.3 is 6.18 Å². The van der Waals surface area contributed by atoms with Crippen molar-refractivity contribution in [1.82, 2.24) is 24.8 Å². The zero-order valence-corrected chi connectivity index (χ0v) is 21.1. The molecule has 0 aromatic carbocycles. The maximum atomic E-state index is 13.7. The topological polar surface area (TPSA) is 91.5 Å². The summed E-state index contributed by atoms with van der Waals surface area (Å²) in [6, 6.07) is 9.91. The standard InChI is InChI=1S/C25H26F3N7OS/c1-14(2)31-19-10-20(21-8-7-17-4-3-9-30-35(17)21)29-11-18(19)22-32-33-23(37-22)34-12-15-5-6-16(13-34)24(15,36)25(26,27)28/h3-4,7-11,14-16,36H,5-6,12-13H2,1-2H3,(H,29,31). The van der Waals surface area contributed by atoms with Gasteiger partial charge in [0.25, 0.3) is 0 Å². The van der Waals surface area contributed by atoms with Crippen molar-refractivity contribution in [3.8, 4) is 22.0 Å². The molecule has 0 radical (unpaired) electrons. The molecule has 6 rings (SSSR count). The van der Waals surface area contributed by atoms with Crippen molar-refractivity contribution < 1.29 is 18.3 Å². The maximum Gasteiger partial charge on any atom is 0.417 e. The number of aliphatic hydroxyl groups is 1. The summed E-state index contributed by atoms with van der Waals surface area (Å²) in [5.74, 6) is -1.74. The monoisotopic (exact) mass is 529 g/mol. The second-order valence-electron chi connectivity index (χ2n) is 10.1. The average molecular weight is 530 g/mol. The van der Waals surface area contributed by atoms with Gasteiger partial charge in [0.1, 0.15) is 0 Å². The highest BCUT2D eigenvalue weighted by Gasteiger charge is 2.67. The van der Waals surface area contributed by atoms with Crippen LogP contribution < -0.4 is 10.2 Å². The molecule has 2 unspecified atom stereocenters. The first kappa shape index (κ1) is 24.1. The van der Waals surface area contributed by atoms with E-state index in [1.54, 1.807) is 12.4 Å². The lowest BCUT2D eigenvalue weighted by Crippen LogP contribution is -2.61. The molecule has 1 saturated heterocycles. The van der Waals surface area contributed by atoms with Crippen LogP contribution in [0.5, 0.6) is 0 Å². The third-order valence-corrected chi connectivity index (χ3v) is 8.41. The molecular weight excluding hydrogens is 503 g/mol. The first-order chi connectivity index (χ1) is 17.6. The molecule has 2 N–H and O–H groups in total. The van der Waals surface area contributed by atoms with E-state index in [1.165, 1.54) is 11.3 Å². The summed E-state index contributed by atoms with van der Waals surface area (Å²) in [6.45, 7) is 4.28. The number of alkyl halides is 3. The number of nitrogens with zero attached hydrogens (tertiary/aromatic N) is 6. The number of nitrogens with one attached hydrogen (secondary N) is 1. The van der Waals surface area contributed by atoms with Gasteiger partial charge in [0.15, 0.2) is 10.6 Å². The SMILES string of the molecule is CC(C)Nc1cc(-c2ccc3cccnn23)ncc1-c1nnc(N2CC3CCC(C2)C3(O)C(F)(F)F)s1. The average Bonchev–Trinajstić information content (AvgIpc) is 3.53. The van der Waals surface area contributed by atoms with E-state index in [0.29, 0.717) is 23.0 Å². The fourth-order valence-corrected chi connectivity index (χ4v) is 6.54. The molecule has 4 aromatic rings. The molecule has 12 heteroatoms. The van der Waals surface area contributed by atoms with Crippen molar-refractivity contribution in [1.29, 1.82) is 0 Å². The van der Waals surface area contributed by atoms with Gasteiger partial charge in [-0.05, 0) is 57.0 Å². The van der Waals surface area contributed by atoms with Crippen molar-refractivity contribution in [3.63, 3.8) is 0 Å². The summed E-state index contributed by atoms with van der Waals surface area (Å²) in [5.41, 5.74) is 1.54. The summed E-state index contributed by atoms with van der Waals surface area (Å²) in [6.07, 6.45) is -0.471. The molecule has 1 aliphatic heterocycles. The van der Waals surface area contributed by atoms with Crippen LogP contribution in [0.25, 0.3) is 27.5 Å². The molecule has 8 nitrogen and oxygen atoms in total. The van der Waals surface area contributed by atoms with E-state index in [4.69, 9.17) is 0 Å². The smallest absolute Gasteiger partial charge is 0.382 e. The van der Waals surface area contributed by atoms with E-state index >= 15 is 0 Å². The number of anilines is 2. The lowest BCUT2D eigenvalue weighted by atomic mass is 9.80. The number of fused-ring (bicyclic) bond motifs is 3. The minimum absolute atomic E-state index is 0.101. The Morgan fingerprint density at radius 3 is 2.59 bits per heavy atom. The predicted octanol–water partition coefficient (Wildman–Crippen LogP) is 4.87. The lowest BCUT2D eigenvalue weighted by molar-refractivity contribution is -0.289. The summed E-state index contributed by atoms with van der Waals surface area (Å²) >= 11 is 1.32. The largest absolute Gasteiger partial charge is 0.417 e. The van der Waals surface area contributed by atoms with Crippen LogP contribution in [0.4, 0.5) is 24.0 Å². The van der Waals surface area contributed by atoms with Crippen molar-refractivity contribution >= 4 is 27.7 Å². The van der Waals surface area contributed by atoms with Crippen LogP contribution in [0.1, 0.15) is 26.7 Å². The normalized spacial score (nSPS) is 23.8. The van der Waals surface area contributed by atoms with E-state index in [2.05, 4.69) is 25.6 Å². The number of halogens is 3. The Bertz CT molecular complexity index is 1440. The first-order valence-corrected chi connectivity index (χ1v) is 13.0. The van der Waals surface area contributed by atoms with Gasteiger partial charge in [-0.1, -0.05) is 11.3 Å². The lowest BCUT2D eigenvalue weighted by Gasteiger charge is -2.44. The van der Waals surface area contributed by atoms with Gasteiger partial charge in [0.05, 0.1) is 22.5 Å². The molecule has 4 aromatic heterocycles. The molecule has 37 heavy (non-hydrogen) atoms. The second kappa shape index (κ2) is 8.66. The summed E-state index contributed by atoms with van der Waals surface area (Å²) in [7, 11) is 0. The Labute approximate surface area is 215 Å². The van der Waals surface area contributed by atoms with Crippen LogP contribution in [0.2, 0.25) is 0 Å². The fraction of sp³-hybridized carbons (Fsp3) is 0.440. The van der Waals surface area contributed by atoms with Gasteiger partial charge in [-0.2, -0.15) is 18.3 Å². The van der Waals surface area contributed by atoms with Gasteiger partial charge in [-0.3, -0.25) is 4.98 Å². The minimum atomic E-state index is -4.64. The van der Waals surface area contributed by atoms with E-state index in [9.17, 15) is 18.3 Å². The molecular formula is C25H26F3N7OS. The molecule has 2 aliphatic rings. The first-order valence-electron chi connectivity index (χ1n) is 12.2. The van der Waals surface area contributed by atoms with E-state index < -0.39 is 23.6 Å². The van der Waals surface area contributed by atoms with Gasteiger partial charge < -0.3 is 15.3 Å². The highest BCUT2D eigenvalue weighted by atomic mass is 32.1. The Balaban J connectivity index is 1.31. The Morgan fingerprint density at radius 2 is 1.89 bits per heavy atom. The zero-order valence-electron chi connectivity index (χ0n) is 20.3. The molecule has 0 spiro atoms. The van der Waals surface area contributed by atoms with E-state index in [-0.39, 0.29) is 19.1 Å². The molecule has 194 valence electrons. The number of pyridine rings is 1. The second-order valence-corrected chi connectivity index (χ2v) is 11.0. The van der Waals surface area contributed by atoms with Crippen LogP contribution in [-0.2, 0) is 0 Å². The van der Waals surface area contributed by atoms with Crippen molar-refractivity contribution in [2.24, 2.45) is 11.8 Å². The number of piperidine rings is 1. The van der Waals surface area contributed by atoms with Crippen molar-refractivity contribution in [3.05, 3.63) is 42.7 Å². The van der Waals surface area contributed by atoms with Crippen LogP contribution >= 0.6 is 11.3 Å². The summed E-state index contributed by atoms with van der Waals surface area (Å²) < 4.78 is 42.9. The molecule has 1 saturated carbocycles. The molecule has 1 aliphatic carbocycles. The van der Waals surface area contributed by atoms with Crippen LogP contribution in [0.15, 0.2) is 42.7 Å². The van der Waals surface area contributed by atoms with Gasteiger partial charge in [0, 0.05) is 49.0 Å². The number of rotatable bonds is 5. The minimum Gasteiger partial charge on any atom is -0.382 e. The number of hydrogen-bond donors (Lipinski definition) is 2. The van der Waals surface area contributed by atoms with Crippen LogP contribution in [0, 0.1) is 11.8 Å². The summed E-state index contributed by atoms with van der Waals surface area (Å²) in [5, 5.41) is 28.3. The van der Waals surface area contributed by atoms with Crippen LogP contribution in [0.3, 0.4) is 0 Å². The van der Waals surface area contributed by atoms with Gasteiger partial charge in [0.2, 0.25) is 5.13 Å². The maximum absolute atomic E-state index is 13.7. The van der Waals surface area contributed by atoms with Gasteiger partial charge in [-0.25, -0.2) is 4.52 Å². The Hall–Kier alpha value is -3.25. The zero-order chi connectivity index (χ0) is 25.9. The van der Waals surface area contributed by atoms with Crippen LogP contribution in [-0.4, -0.2) is 60.8 Å². The molecule has 5 heterocycles. The Kier molecular flexibility index (Phi) is 5.64. The highest BCUT2D eigenvalue weighted by molar-refractivity contribution is 7.18. The molecule has 0 amide bonds. The van der Waals surface area contributed by atoms with Crippen molar-refractivity contribution in [2.75, 3.05) is 23.3 Å².